The summed E-state index contributed by atoms with van der Waals surface area (Å²) in [5, 5.41) is 3.37. The van der Waals surface area contributed by atoms with Gasteiger partial charge in [0.05, 0.1) is 0 Å². The quantitative estimate of drug-likeness (QED) is 0.884. The zero-order chi connectivity index (χ0) is 13.8. The van der Waals surface area contributed by atoms with Crippen LogP contribution >= 0.6 is 0 Å². The van der Waals surface area contributed by atoms with E-state index in [9.17, 15) is 0 Å². The van der Waals surface area contributed by atoms with Crippen LogP contribution in [0.25, 0.3) is 0 Å². The average Bonchev–Trinajstić information content (AvgIpc) is 2.87. The van der Waals surface area contributed by atoms with Gasteiger partial charge in [-0.05, 0) is 25.2 Å². The largest absolute Gasteiger partial charge is 0.370 e. The minimum Gasteiger partial charge on any atom is -0.370 e. The number of nitrogens with zero attached hydrogens (tertiary/aromatic N) is 3. The summed E-state index contributed by atoms with van der Waals surface area (Å²) in [5.41, 5.74) is 1.26. The van der Waals surface area contributed by atoms with Crippen LogP contribution in [0.5, 0.6) is 0 Å². The van der Waals surface area contributed by atoms with Crippen LogP contribution in [0.1, 0.15) is 52.0 Å². The number of hydrogen-bond donors (Lipinski definition) is 1. The van der Waals surface area contributed by atoms with Crippen LogP contribution in [0.4, 0.5) is 11.6 Å². The van der Waals surface area contributed by atoms with E-state index in [0.29, 0.717) is 5.92 Å². The van der Waals surface area contributed by atoms with Crippen LogP contribution < -0.4 is 10.2 Å². The van der Waals surface area contributed by atoms with Crippen LogP contribution in [-0.2, 0) is 0 Å². The van der Waals surface area contributed by atoms with E-state index in [1.54, 1.807) is 6.33 Å². The maximum Gasteiger partial charge on any atom is 0.137 e. The summed E-state index contributed by atoms with van der Waals surface area (Å²) in [6, 6.07) is 0. The molecule has 2 rings (SSSR count). The van der Waals surface area contributed by atoms with Crippen LogP contribution in [0, 0.1) is 5.92 Å². The number of anilines is 2. The Morgan fingerprint density at radius 2 is 2.16 bits per heavy atom. The zero-order valence-electron chi connectivity index (χ0n) is 12.6. The molecule has 0 spiro atoms. The second-order valence-corrected chi connectivity index (χ2v) is 5.65. The summed E-state index contributed by atoms with van der Waals surface area (Å²) in [5.74, 6) is 3.39. The molecule has 1 N–H and O–H groups in total. The molecule has 4 heteroatoms. The summed E-state index contributed by atoms with van der Waals surface area (Å²) in [4.78, 5) is 11.4. The van der Waals surface area contributed by atoms with Gasteiger partial charge in [0.25, 0.3) is 0 Å². The summed E-state index contributed by atoms with van der Waals surface area (Å²) in [7, 11) is 0. The maximum absolute atomic E-state index is 4.57. The van der Waals surface area contributed by atoms with Crippen molar-refractivity contribution in [1.29, 1.82) is 0 Å². The highest BCUT2D eigenvalue weighted by molar-refractivity contribution is 5.60. The first-order chi connectivity index (χ1) is 9.17. The van der Waals surface area contributed by atoms with Gasteiger partial charge in [-0.2, -0.15) is 0 Å². The van der Waals surface area contributed by atoms with Crippen molar-refractivity contribution in [2.75, 3.05) is 29.9 Å². The Morgan fingerprint density at radius 3 is 2.74 bits per heavy atom. The molecule has 1 aliphatic heterocycles. The molecule has 1 aromatic heterocycles. The summed E-state index contributed by atoms with van der Waals surface area (Å²) >= 11 is 0. The lowest BCUT2D eigenvalue weighted by molar-refractivity contribution is 0.568. The first-order valence-corrected chi connectivity index (χ1v) is 7.51. The van der Waals surface area contributed by atoms with Crippen LogP contribution in [0.15, 0.2) is 6.33 Å². The third kappa shape index (κ3) is 2.99. The summed E-state index contributed by atoms with van der Waals surface area (Å²) in [6.07, 6.45) is 4.24. The number of aromatic nitrogens is 2. The van der Waals surface area contributed by atoms with Gasteiger partial charge in [0.1, 0.15) is 18.0 Å². The molecule has 0 saturated carbocycles. The lowest BCUT2D eigenvalue weighted by Crippen LogP contribution is -2.23. The highest BCUT2D eigenvalue weighted by atomic mass is 15.2. The minimum absolute atomic E-state index is 0.436. The van der Waals surface area contributed by atoms with E-state index in [-0.39, 0.29) is 0 Å². The van der Waals surface area contributed by atoms with Crippen molar-refractivity contribution >= 4 is 11.6 Å². The van der Waals surface area contributed by atoms with Crippen molar-refractivity contribution < 1.29 is 0 Å². The molecule has 1 aliphatic rings. The minimum atomic E-state index is 0.436. The van der Waals surface area contributed by atoms with Gasteiger partial charge >= 0.3 is 0 Å². The lowest BCUT2D eigenvalue weighted by atomic mass is 10.0. The molecule has 1 unspecified atom stereocenters. The molecule has 0 bridgehead atoms. The predicted octanol–water partition coefficient (Wildman–Crippen LogP) is 3.27. The fourth-order valence-electron chi connectivity index (χ4n) is 2.84. The second-order valence-electron chi connectivity index (χ2n) is 5.65. The Labute approximate surface area is 116 Å². The fraction of sp³-hybridized carbons (Fsp3) is 0.733. The van der Waals surface area contributed by atoms with E-state index >= 15 is 0 Å². The molecule has 1 fully saturated rings. The van der Waals surface area contributed by atoms with Crippen molar-refractivity contribution in [2.24, 2.45) is 5.92 Å². The summed E-state index contributed by atoms with van der Waals surface area (Å²) in [6.45, 7) is 12.0. The van der Waals surface area contributed by atoms with E-state index in [1.165, 1.54) is 18.4 Å². The van der Waals surface area contributed by atoms with Crippen molar-refractivity contribution in [1.82, 2.24) is 9.97 Å². The molecule has 1 atom stereocenters. The number of rotatable bonds is 5. The molecule has 0 aromatic carbocycles. The predicted molar refractivity (Wildman–Crippen MR) is 80.9 cm³/mol. The van der Waals surface area contributed by atoms with Gasteiger partial charge in [-0.25, -0.2) is 9.97 Å². The maximum atomic E-state index is 4.57. The normalized spacial score (nSPS) is 19.2. The molecular formula is C15H26N4. The third-order valence-electron chi connectivity index (χ3n) is 3.95. The smallest absolute Gasteiger partial charge is 0.137 e. The van der Waals surface area contributed by atoms with Crippen molar-refractivity contribution in [2.45, 2.75) is 46.5 Å². The van der Waals surface area contributed by atoms with Crippen molar-refractivity contribution in [3.8, 4) is 0 Å². The SMILES string of the molecule is CCNc1ncnc(N2CCC(CC)C2)c1C(C)C. The highest BCUT2D eigenvalue weighted by Crippen LogP contribution is 2.33. The number of hydrogen-bond acceptors (Lipinski definition) is 4. The van der Waals surface area contributed by atoms with E-state index < -0.39 is 0 Å². The van der Waals surface area contributed by atoms with E-state index in [1.807, 2.05) is 0 Å². The van der Waals surface area contributed by atoms with E-state index in [0.717, 1.165) is 37.2 Å². The van der Waals surface area contributed by atoms with Gasteiger partial charge in [-0.15, -0.1) is 0 Å². The molecule has 1 saturated heterocycles. The molecular weight excluding hydrogens is 236 g/mol. The molecule has 1 aromatic rings. The Morgan fingerprint density at radius 1 is 1.37 bits per heavy atom. The van der Waals surface area contributed by atoms with Gasteiger partial charge in [-0.1, -0.05) is 27.2 Å². The third-order valence-corrected chi connectivity index (χ3v) is 3.95. The first-order valence-electron chi connectivity index (χ1n) is 7.51. The molecule has 0 aliphatic carbocycles. The van der Waals surface area contributed by atoms with Crippen molar-refractivity contribution in [3.05, 3.63) is 11.9 Å². The van der Waals surface area contributed by atoms with Gasteiger partial charge in [0.15, 0.2) is 0 Å². The Kier molecular flexibility index (Phi) is 4.61. The zero-order valence-corrected chi connectivity index (χ0v) is 12.6. The first kappa shape index (κ1) is 14.1. The van der Waals surface area contributed by atoms with Gasteiger partial charge in [-0.3, -0.25) is 0 Å². The monoisotopic (exact) mass is 262 g/mol. The van der Waals surface area contributed by atoms with Crippen LogP contribution in [0.2, 0.25) is 0 Å². The molecule has 0 amide bonds. The van der Waals surface area contributed by atoms with Gasteiger partial charge in [0.2, 0.25) is 0 Å². The molecule has 0 radical (unpaired) electrons. The highest BCUT2D eigenvalue weighted by Gasteiger charge is 2.26. The average molecular weight is 262 g/mol. The van der Waals surface area contributed by atoms with Crippen LogP contribution in [-0.4, -0.2) is 29.6 Å². The standard InChI is InChI=1S/C15H26N4/c1-5-12-7-8-19(9-12)15-13(11(3)4)14(16-6-2)17-10-18-15/h10-12H,5-9H2,1-4H3,(H,16,17,18). The topological polar surface area (TPSA) is 41.1 Å². The Bertz CT molecular complexity index is 417. The van der Waals surface area contributed by atoms with Crippen LogP contribution in [0.3, 0.4) is 0 Å². The Balaban J connectivity index is 2.31. The molecule has 106 valence electrons. The molecule has 4 nitrogen and oxygen atoms in total. The lowest BCUT2D eigenvalue weighted by Gasteiger charge is -2.24. The van der Waals surface area contributed by atoms with Crippen molar-refractivity contribution in [3.63, 3.8) is 0 Å². The second kappa shape index (κ2) is 6.22. The molecule has 19 heavy (non-hydrogen) atoms. The summed E-state index contributed by atoms with van der Waals surface area (Å²) < 4.78 is 0. The molecule has 2 heterocycles. The van der Waals surface area contributed by atoms with E-state index in [2.05, 4.69) is 47.9 Å². The Hall–Kier alpha value is -1.32. The van der Waals surface area contributed by atoms with Gasteiger partial charge in [0, 0.05) is 25.2 Å². The van der Waals surface area contributed by atoms with E-state index in [4.69, 9.17) is 0 Å². The number of nitrogens with one attached hydrogen (secondary N) is 1. The fourth-order valence-corrected chi connectivity index (χ4v) is 2.84. The van der Waals surface area contributed by atoms with Gasteiger partial charge < -0.3 is 10.2 Å².